The minimum Gasteiger partial charge on any atom is -0.369 e. The summed E-state index contributed by atoms with van der Waals surface area (Å²) in [6, 6.07) is 0. The van der Waals surface area contributed by atoms with Gasteiger partial charge < -0.3 is 5.32 Å². The van der Waals surface area contributed by atoms with Gasteiger partial charge in [0.25, 0.3) is 0 Å². The van der Waals surface area contributed by atoms with Crippen LogP contribution in [-0.4, -0.2) is 17.9 Å². The van der Waals surface area contributed by atoms with Crippen molar-refractivity contribution < 1.29 is 0 Å². The van der Waals surface area contributed by atoms with Crippen molar-refractivity contribution in [1.29, 1.82) is 0 Å². The van der Waals surface area contributed by atoms with Gasteiger partial charge in [-0.2, -0.15) is 0 Å². The third-order valence-electron chi connectivity index (χ3n) is 4.17. The van der Waals surface area contributed by atoms with E-state index in [1.54, 1.807) is 0 Å². The predicted octanol–water partition coefficient (Wildman–Crippen LogP) is 6.88. The lowest BCUT2D eigenvalue weighted by molar-refractivity contribution is 0.505. The third kappa shape index (κ3) is 17.7. The highest BCUT2D eigenvalue weighted by molar-refractivity contribution is 5.82. The molecule has 0 aliphatic carbocycles. The minimum atomic E-state index is 0.130. The van der Waals surface area contributed by atoms with Crippen LogP contribution in [0.3, 0.4) is 0 Å². The van der Waals surface area contributed by atoms with Crippen LogP contribution in [0, 0.1) is 0 Å². The fraction of sp³-hybridized carbons (Fsp3) is 0.952. The number of hydrogen-bond donors (Lipinski definition) is 1. The molecule has 2 heteroatoms. The van der Waals surface area contributed by atoms with E-state index in [1.165, 1.54) is 82.9 Å². The first-order valence-corrected chi connectivity index (χ1v) is 10.3. The van der Waals surface area contributed by atoms with Crippen molar-refractivity contribution in [3.63, 3.8) is 0 Å². The van der Waals surface area contributed by atoms with E-state index in [4.69, 9.17) is 4.99 Å². The SMILES string of the molecule is CCCCCCCCCCCCCC/N=C(/CC)NC(C)(C)C. The van der Waals surface area contributed by atoms with Crippen molar-refractivity contribution in [1.82, 2.24) is 5.32 Å². The van der Waals surface area contributed by atoms with Gasteiger partial charge >= 0.3 is 0 Å². The molecule has 0 heterocycles. The second-order valence-electron chi connectivity index (χ2n) is 7.95. The van der Waals surface area contributed by atoms with Crippen LogP contribution in [0.1, 0.15) is 118 Å². The van der Waals surface area contributed by atoms with Gasteiger partial charge in [-0.15, -0.1) is 0 Å². The summed E-state index contributed by atoms with van der Waals surface area (Å²) < 4.78 is 0. The molecule has 0 saturated heterocycles. The van der Waals surface area contributed by atoms with E-state index in [1.807, 2.05) is 0 Å². The lowest BCUT2D eigenvalue weighted by atomic mass is 10.1. The molecule has 0 rings (SSSR count). The van der Waals surface area contributed by atoms with Gasteiger partial charge in [0.1, 0.15) is 0 Å². The van der Waals surface area contributed by atoms with E-state index in [0.717, 1.165) is 13.0 Å². The zero-order valence-electron chi connectivity index (χ0n) is 16.8. The van der Waals surface area contributed by atoms with Crippen molar-refractivity contribution in [3.05, 3.63) is 0 Å². The zero-order valence-corrected chi connectivity index (χ0v) is 16.8. The summed E-state index contributed by atoms with van der Waals surface area (Å²) in [5, 5.41) is 3.50. The molecule has 0 aromatic heterocycles. The van der Waals surface area contributed by atoms with Crippen molar-refractivity contribution in [3.8, 4) is 0 Å². The molecule has 0 amide bonds. The number of rotatable bonds is 14. The molecule has 0 unspecified atom stereocenters. The van der Waals surface area contributed by atoms with Crippen LogP contribution in [0.4, 0.5) is 0 Å². The Morgan fingerprint density at radius 3 is 1.52 bits per heavy atom. The number of hydrogen-bond acceptors (Lipinski definition) is 1. The Bertz CT molecular complexity index is 276. The van der Waals surface area contributed by atoms with Gasteiger partial charge in [0.2, 0.25) is 0 Å². The highest BCUT2D eigenvalue weighted by atomic mass is 15.0. The number of aliphatic imine (C=N–C) groups is 1. The summed E-state index contributed by atoms with van der Waals surface area (Å²) in [5.74, 6) is 1.17. The van der Waals surface area contributed by atoms with Gasteiger partial charge in [0.15, 0.2) is 0 Å². The lowest BCUT2D eigenvalue weighted by Gasteiger charge is -2.22. The average Bonchev–Trinajstić information content (AvgIpc) is 2.49. The second-order valence-corrected chi connectivity index (χ2v) is 7.95. The summed E-state index contributed by atoms with van der Waals surface area (Å²) in [5.41, 5.74) is 0.130. The first-order valence-electron chi connectivity index (χ1n) is 10.3. The summed E-state index contributed by atoms with van der Waals surface area (Å²) >= 11 is 0. The number of amidine groups is 1. The molecule has 0 aliphatic heterocycles. The number of nitrogens with zero attached hydrogens (tertiary/aromatic N) is 1. The van der Waals surface area contributed by atoms with E-state index in [2.05, 4.69) is 39.9 Å². The molecule has 0 spiro atoms. The molecule has 0 saturated carbocycles. The van der Waals surface area contributed by atoms with Crippen LogP contribution in [0.25, 0.3) is 0 Å². The summed E-state index contributed by atoms with van der Waals surface area (Å²) in [7, 11) is 0. The van der Waals surface area contributed by atoms with Crippen molar-refractivity contribution in [2.75, 3.05) is 6.54 Å². The largest absolute Gasteiger partial charge is 0.369 e. The van der Waals surface area contributed by atoms with E-state index in [-0.39, 0.29) is 5.54 Å². The Hall–Kier alpha value is -0.530. The van der Waals surface area contributed by atoms with Gasteiger partial charge in [-0.3, -0.25) is 4.99 Å². The average molecular weight is 325 g/mol. The maximum atomic E-state index is 4.72. The van der Waals surface area contributed by atoms with Gasteiger partial charge in [-0.05, 0) is 27.2 Å². The maximum Gasteiger partial charge on any atom is 0.0964 e. The van der Waals surface area contributed by atoms with E-state index in [9.17, 15) is 0 Å². The first kappa shape index (κ1) is 22.5. The Kier molecular flexibility index (Phi) is 14.7. The normalized spacial score (nSPS) is 12.7. The summed E-state index contributed by atoms with van der Waals surface area (Å²) in [6.45, 7) is 12.0. The lowest BCUT2D eigenvalue weighted by Crippen LogP contribution is -2.40. The highest BCUT2D eigenvalue weighted by Crippen LogP contribution is 2.12. The molecule has 0 aromatic carbocycles. The van der Waals surface area contributed by atoms with Crippen molar-refractivity contribution in [2.45, 2.75) is 124 Å². The van der Waals surface area contributed by atoms with Gasteiger partial charge in [0.05, 0.1) is 5.84 Å². The third-order valence-corrected chi connectivity index (χ3v) is 4.17. The topological polar surface area (TPSA) is 24.4 Å². The van der Waals surface area contributed by atoms with Crippen molar-refractivity contribution >= 4 is 5.84 Å². The van der Waals surface area contributed by atoms with Crippen LogP contribution < -0.4 is 5.32 Å². The molecular weight excluding hydrogens is 280 g/mol. The summed E-state index contributed by atoms with van der Waals surface area (Å²) in [6.07, 6.45) is 17.9. The fourth-order valence-electron chi connectivity index (χ4n) is 2.84. The first-order chi connectivity index (χ1) is 11.0. The van der Waals surface area contributed by atoms with E-state index >= 15 is 0 Å². The molecule has 0 bridgehead atoms. The standard InChI is InChI=1S/C21H44N2/c1-6-8-9-10-11-12-13-14-15-16-17-18-19-22-20(7-2)23-21(3,4)5/h6-19H2,1-5H3,(H,22,23). The van der Waals surface area contributed by atoms with Crippen LogP contribution in [0.15, 0.2) is 4.99 Å². The Morgan fingerprint density at radius 2 is 1.13 bits per heavy atom. The Labute approximate surface area is 146 Å². The van der Waals surface area contributed by atoms with Crippen LogP contribution in [-0.2, 0) is 0 Å². The van der Waals surface area contributed by atoms with E-state index < -0.39 is 0 Å². The molecule has 0 radical (unpaired) electrons. The van der Waals surface area contributed by atoms with Crippen LogP contribution in [0.5, 0.6) is 0 Å². The highest BCUT2D eigenvalue weighted by Gasteiger charge is 2.10. The molecule has 0 aliphatic rings. The Balaban J connectivity index is 3.38. The molecule has 0 fully saturated rings. The maximum absolute atomic E-state index is 4.72. The monoisotopic (exact) mass is 324 g/mol. The predicted molar refractivity (Wildman–Crippen MR) is 107 cm³/mol. The quantitative estimate of drug-likeness (QED) is 0.210. The molecule has 0 atom stereocenters. The van der Waals surface area contributed by atoms with Crippen LogP contribution in [0.2, 0.25) is 0 Å². The van der Waals surface area contributed by atoms with Gasteiger partial charge in [-0.1, -0.05) is 84.5 Å². The molecule has 0 aromatic rings. The number of nitrogens with one attached hydrogen (secondary N) is 1. The summed E-state index contributed by atoms with van der Waals surface area (Å²) in [4.78, 5) is 4.72. The van der Waals surface area contributed by atoms with Crippen molar-refractivity contribution in [2.24, 2.45) is 4.99 Å². The van der Waals surface area contributed by atoms with Gasteiger partial charge in [-0.25, -0.2) is 0 Å². The van der Waals surface area contributed by atoms with Crippen LogP contribution >= 0.6 is 0 Å². The molecule has 1 N–H and O–H groups in total. The molecule has 2 nitrogen and oxygen atoms in total. The molecule has 138 valence electrons. The minimum absolute atomic E-state index is 0.130. The van der Waals surface area contributed by atoms with Gasteiger partial charge in [0, 0.05) is 18.5 Å². The molecular formula is C21H44N2. The van der Waals surface area contributed by atoms with E-state index in [0.29, 0.717) is 0 Å². The Morgan fingerprint density at radius 1 is 0.696 bits per heavy atom. The fourth-order valence-corrected chi connectivity index (χ4v) is 2.84. The molecule has 23 heavy (non-hydrogen) atoms. The number of unbranched alkanes of at least 4 members (excludes halogenated alkanes) is 11. The smallest absolute Gasteiger partial charge is 0.0964 e. The second kappa shape index (κ2) is 15.0. The zero-order chi connectivity index (χ0) is 17.4.